The quantitative estimate of drug-likeness (QED) is 0.791. The lowest BCUT2D eigenvalue weighted by atomic mass is 10.1. The van der Waals surface area contributed by atoms with E-state index < -0.39 is 0 Å². The van der Waals surface area contributed by atoms with Crippen molar-refractivity contribution in [2.24, 2.45) is 0 Å². The monoisotopic (exact) mass is 362 g/mol. The van der Waals surface area contributed by atoms with Crippen LogP contribution in [-0.2, 0) is 0 Å². The van der Waals surface area contributed by atoms with Crippen LogP contribution in [0.1, 0.15) is 27.9 Å². The van der Waals surface area contributed by atoms with Gasteiger partial charge in [-0.15, -0.1) is 11.3 Å². The first-order chi connectivity index (χ1) is 10.0. The lowest BCUT2D eigenvalue weighted by Gasteiger charge is -2.22. The maximum atomic E-state index is 12.7. The number of halogens is 1. The Balaban J connectivity index is 2.38. The van der Waals surface area contributed by atoms with Crippen LogP contribution in [0.15, 0.2) is 33.4 Å². The Morgan fingerprint density at radius 3 is 2.48 bits per heavy atom. The number of carbonyl (C=O) groups is 1. The van der Waals surface area contributed by atoms with Gasteiger partial charge < -0.3 is 4.90 Å². The summed E-state index contributed by atoms with van der Waals surface area (Å²) in [5, 5.41) is 10.7. The second-order valence-electron chi connectivity index (χ2n) is 4.85. The molecule has 1 aromatic heterocycles. The number of carbonyl (C=O) groups excluding carboxylic acids is 1. The molecule has 0 radical (unpaired) electrons. The molecule has 0 aliphatic heterocycles. The molecule has 108 valence electrons. The third-order valence-electron chi connectivity index (χ3n) is 3.02. The molecule has 1 amide bonds. The van der Waals surface area contributed by atoms with Gasteiger partial charge in [0.05, 0.1) is 21.8 Å². The van der Waals surface area contributed by atoms with Gasteiger partial charge >= 0.3 is 0 Å². The Labute approximate surface area is 136 Å². The third kappa shape index (κ3) is 3.93. The highest BCUT2D eigenvalue weighted by Gasteiger charge is 2.19. The normalized spacial score (nSPS) is 10.2. The van der Waals surface area contributed by atoms with Crippen LogP contribution in [-0.4, -0.2) is 12.5 Å². The van der Waals surface area contributed by atoms with E-state index in [4.69, 9.17) is 5.26 Å². The Morgan fingerprint density at radius 1 is 1.29 bits per heavy atom. The molecule has 2 aromatic rings. The average molecular weight is 363 g/mol. The number of amides is 1. The number of rotatable bonds is 4. The maximum Gasteiger partial charge on any atom is 0.259 e. The van der Waals surface area contributed by atoms with Gasteiger partial charge in [-0.05, 0) is 59.1 Å². The summed E-state index contributed by atoms with van der Waals surface area (Å²) in [6.45, 7) is 4.40. The first kappa shape index (κ1) is 15.7. The number of benzene rings is 1. The van der Waals surface area contributed by atoms with E-state index >= 15 is 0 Å². The van der Waals surface area contributed by atoms with Crippen LogP contribution in [0.4, 0.5) is 5.69 Å². The third-order valence-corrected chi connectivity index (χ3v) is 4.53. The molecule has 0 bridgehead atoms. The summed E-state index contributed by atoms with van der Waals surface area (Å²) < 4.78 is 0.923. The molecule has 3 nitrogen and oxygen atoms in total. The van der Waals surface area contributed by atoms with Crippen LogP contribution in [0.3, 0.4) is 0 Å². The fourth-order valence-electron chi connectivity index (χ4n) is 2.19. The average Bonchev–Trinajstić information content (AvgIpc) is 2.84. The lowest BCUT2D eigenvalue weighted by Crippen LogP contribution is -2.31. The van der Waals surface area contributed by atoms with Crippen LogP contribution in [0.5, 0.6) is 0 Å². The molecule has 0 atom stereocenters. The number of nitrogens with zero attached hydrogens (tertiary/aromatic N) is 2. The second kappa shape index (κ2) is 6.88. The summed E-state index contributed by atoms with van der Waals surface area (Å²) in [6.07, 6.45) is 0.310. The van der Waals surface area contributed by atoms with Crippen LogP contribution < -0.4 is 4.90 Å². The van der Waals surface area contributed by atoms with Gasteiger partial charge in [0, 0.05) is 17.6 Å². The fraction of sp³-hybridized carbons (Fsp3) is 0.250. The Kier molecular flexibility index (Phi) is 5.16. The summed E-state index contributed by atoms with van der Waals surface area (Å²) in [6, 6.07) is 9.94. The molecule has 1 aromatic carbocycles. The van der Waals surface area contributed by atoms with Crippen molar-refractivity contribution in [1.29, 1.82) is 5.26 Å². The van der Waals surface area contributed by atoms with Crippen molar-refractivity contribution in [3.8, 4) is 6.07 Å². The topological polar surface area (TPSA) is 44.1 Å². The van der Waals surface area contributed by atoms with Crippen LogP contribution in [0.2, 0.25) is 0 Å². The van der Waals surface area contributed by atoms with E-state index in [0.29, 0.717) is 18.5 Å². The predicted molar refractivity (Wildman–Crippen MR) is 89.8 cm³/mol. The zero-order valence-corrected chi connectivity index (χ0v) is 14.3. The van der Waals surface area contributed by atoms with Crippen LogP contribution in [0.25, 0.3) is 0 Å². The Hall–Kier alpha value is -1.64. The van der Waals surface area contributed by atoms with Gasteiger partial charge in [0.1, 0.15) is 0 Å². The maximum absolute atomic E-state index is 12.7. The van der Waals surface area contributed by atoms with Gasteiger partial charge in [0.2, 0.25) is 0 Å². The largest absolute Gasteiger partial charge is 0.307 e. The molecule has 0 saturated carbocycles. The minimum atomic E-state index is -0.0720. The predicted octanol–water partition coefficient (Wildman–Crippen LogP) is 4.69. The molecule has 0 fully saturated rings. The van der Waals surface area contributed by atoms with E-state index in [-0.39, 0.29) is 5.91 Å². The number of hydrogen-bond donors (Lipinski definition) is 0. The van der Waals surface area contributed by atoms with Gasteiger partial charge in [0.15, 0.2) is 0 Å². The number of anilines is 1. The van der Waals surface area contributed by atoms with Crippen LogP contribution in [0, 0.1) is 25.2 Å². The van der Waals surface area contributed by atoms with Crippen molar-refractivity contribution in [3.05, 3.63) is 50.1 Å². The minimum absolute atomic E-state index is 0.0720. The molecule has 2 rings (SSSR count). The van der Waals surface area contributed by atoms with Crippen molar-refractivity contribution in [2.45, 2.75) is 20.3 Å². The summed E-state index contributed by atoms with van der Waals surface area (Å²) in [4.78, 5) is 14.4. The van der Waals surface area contributed by atoms with E-state index in [1.165, 1.54) is 11.3 Å². The van der Waals surface area contributed by atoms with Gasteiger partial charge in [-0.1, -0.05) is 6.07 Å². The molecule has 0 spiro atoms. The first-order valence-electron chi connectivity index (χ1n) is 6.52. The van der Waals surface area contributed by atoms with E-state index in [1.54, 1.807) is 4.90 Å². The van der Waals surface area contributed by atoms with Crippen molar-refractivity contribution in [1.82, 2.24) is 0 Å². The fourth-order valence-corrected chi connectivity index (χ4v) is 3.32. The first-order valence-corrected chi connectivity index (χ1v) is 8.19. The van der Waals surface area contributed by atoms with E-state index in [0.717, 1.165) is 20.6 Å². The zero-order chi connectivity index (χ0) is 15.4. The molecule has 0 saturated heterocycles. The molecular formula is C16H15BrN2OS. The molecule has 21 heavy (non-hydrogen) atoms. The Morgan fingerprint density at radius 2 is 1.95 bits per heavy atom. The lowest BCUT2D eigenvalue weighted by molar-refractivity contribution is 0.0988. The molecule has 0 aliphatic carbocycles. The molecule has 0 N–H and O–H groups in total. The van der Waals surface area contributed by atoms with Crippen molar-refractivity contribution >= 4 is 38.9 Å². The number of aryl methyl sites for hydroxylation is 2. The summed E-state index contributed by atoms with van der Waals surface area (Å²) in [5.41, 5.74) is 3.69. The summed E-state index contributed by atoms with van der Waals surface area (Å²) >= 11 is 4.86. The zero-order valence-electron chi connectivity index (χ0n) is 11.9. The summed E-state index contributed by atoms with van der Waals surface area (Å²) in [5.74, 6) is -0.0720. The molecule has 0 unspecified atom stereocenters. The highest BCUT2D eigenvalue weighted by molar-refractivity contribution is 9.11. The number of hydrogen-bond acceptors (Lipinski definition) is 3. The van der Waals surface area contributed by atoms with Crippen molar-refractivity contribution < 1.29 is 4.79 Å². The number of nitriles is 1. The van der Waals surface area contributed by atoms with E-state index in [1.807, 2.05) is 37.4 Å². The van der Waals surface area contributed by atoms with Gasteiger partial charge in [-0.3, -0.25) is 4.79 Å². The molecule has 0 aliphatic rings. The molecule has 1 heterocycles. The SMILES string of the molecule is Cc1cc(C)cc(N(CCC#N)C(=O)c2csc(Br)c2)c1. The smallest absolute Gasteiger partial charge is 0.259 e. The highest BCUT2D eigenvalue weighted by atomic mass is 79.9. The van der Waals surface area contributed by atoms with Crippen LogP contribution >= 0.6 is 27.3 Å². The molecular weight excluding hydrogens is 348 g/mol. The van der Waals surface area contributed by atoms with Crippen molar-refractivity contribution in [3.63, 3.8) is 0 Å². The minimum Gasteiger partial charge on any atom is -0.307 e. The van der Waals surface area contributed by atoms with Gasteiger partial charge in [0.25, 0.3) is 5.91 Å². The number of thiophene rings is 1. The van der Waals surface area contributed by atoms with Crippen molar-refractivity contribution in [2.75, 3.05) is 11.4 Å². The standard InChI is InChI=1S/C16H15BrN2OS/c1-11-6-12(2)8-14(7-11)19(5-3-4-18)16(20)13-9-15(17)21-10-13/h6-10H,3,5H2,1-2H3. The van der Waals surface area contributed by atoms with Gasteiger partial charge in [-0.25, -0.2) is 0 Å². The summed E-state index contributed by atoms with van der Waals surface area (Å²) in [7, 11) is 0. The second-order valence-corrected chi connectivity index (χ2v) is 7.14. The Bertz CT molecular complexity index is 682. The molecule has 5 heteroatoms. The van der Waals surface area contributed by atoms with Gasteiger partial charge in [-0.2, -0.15) is 5.26 Å². The van der Waals surface area contributed by atoms with E-state index in [9.17, 15) is 4.79 Å². The highest BCUT2D eigenvalue weighted by Crippen LogP contribution is 2.25. The van der Waals surface area contributed by atoms with E-state index in [2.05, 4.69) is 28.1 Å².